The zero-order chi connectivity index (χ0) is 19.2. The SMILES string of the molecule is CC1Sc2ccc(S(C)(=O)=O)cc2N(Cc2ccc3ccccc3c2)C1=O. The minimum absolute atomic E-state index is 0.00805. The summed E-state index contributed by atoms with van der Waals surface area (Å²) in [5.41, 5.74) is 1.68. The molecule has 0 saturated heterocycles. The van der Waals surface area contributed by atoms with Crippen molar-refractivity contribution in [2.75, 3.05) is 11.2 Å². The van der Waals surface area contributed by atoms with Gasteiger partial charge in [-0.1, -0.05) is 36.4 Å². The Morgan fingerprint density at radius 1 is 1.00 bits per heavy atom. The second-order valence-corrected chi connectivity index (χ2v) is 10.2. The molecule has 27 heavy (non-hydrogen) atoms. The number of rotatable bonds is 3. The summed E-state index contributed by atoms with van der Waals surface area (Å²) < 4.78 is 23.9. The zero-order valence-corrected chi connectivity index (χ0v) is 16.7. The van der Waals surface area contributed by atoms with E-state index in [4.69, 9.17) is 0 Å². The standard InChI is InChI=1S/C21H19NO3S2/c1-14-21(23)22(13-15-7-8-16-5-3-4-6-17(16)11-15)19-12-18(27(2,24)25)9-10-20(19)26-14/h3-12,14H,13H2,1-2H3. The Morgan fingerprint density at radius 2 is 1.74 bits per heavy atom. The lowest BCUT2D eigenvalue weighted by Gasteiger charge is -2.32. The Morgan fingerprint density at radius 3 is 2.48 bits per heavy atom. The smallest absolute Gasteiger partial charge is 0.240 e. The second-order valence-electron chi connectivity index (χ2n) is 6.77. The fourth-order valence-corrected chi connectivity index (χ4v) is 4.99. The Kier molecular flexibility index (Phi) is 4.48. The molecule has 1 aliphatic heterocycles. The summed E-state index contributed by atoms with van der Waals surface area (Å²) in [6.45, 7) is 2.29. The lowest BCUT2D eigenvalue weighted by molar-refractivity contribution is -0.118. The molecule has 3 aromatic rings. The number of benzene rings is 3. The number of hydrogen-bond donors (Lipinski definition) is 0. The van der Waals surface area contributed by atoms with Crippen LogP contribution in [0.3, 0.4) is 0 Å². The molecule has 1 atom stereocenters. The molecule has 1 heterocycles. The first-order valence-corrected chi connectivity index (χ1v) is 11.4. The monoisotopic (exact) mass is 397 g/mol. The average Bonchev–Trinajstić information content (AvgIpc) is 2.64. The van der Waals surface area contributed by atoms with Crippen molar-refractivity contribution >= 4 is 44.0 Å². The summed E-state index contributed by atoms with van der Waals surface area (Å²) in [6, 6.07) is 19.3. The maximum atomic E-state index is 12.9. The molecular formula is C21H19NO3S2. The van der Waals surface area contributed by atoms with Gasteiger partial charge in [0.1, 0.15) is 0 Å². The van der Waals surface area contributed by atoms with Crippen LogP contribution in [0.15, 0.2) is 70.5 Å². The molecule has 1 unspecified atom stereocenters. The van der Waals surface area contributed by atoms with Crippen LogP contribution in [0.25, 0.3) is 10.8 Å². The van der Waals surface area contributed by atoms with E-state index in [9.17, 15) is 13.2 Å². The van der Waals surface area contributed by atoms with E-state index in [1.54, 1.807) is 23.1 Å². The number of anilines is 1. The van der Waals surface area contributed by atoms with E-state index < -0.39 is 9.84 Å². The Labute approximate surface area is 163 Å². The molecule has 138 valence electrons. The molecule has 0 radical (unpaired) electrons. The number of carbonyl (C=O) groups is 1. The normalized spacial score (nSPS) is 17.2. The molecule has 0 spiro atoms. The molecule has 0 aromatic heterocycles. The first kappa shape index (κ1) is 18.1. The summed E-state index contributed by atoms with van der Waals surface area (Å²) in [7, 11) is -3.34. The van der Waals surface area contributed by atoms with Gasteiger partial charge in [-0.3, -0.25) is 4.79 Å². The fraction of sp³-hybridized carbons (Fsp3) is 0.190. The van der Waals surface area contributed by atoms with E-state index in [1.165, 1.54) is 18.0 Å². The van der Waals surface area contributed by atoms with Gasteiger partial charge in [0, 0.05) is 11.2 Å². The summed E-state index contributed by atoms with van der Waals surface area (Å²) in [4.78, 5) is 15.7. The predicted molar refractivity (Wildman–Crippen MR) is 110 cm³/mol. The highest BCUT2D eigenvalue weighted by Gasteiger charge is 2.31. The number of amides is 1. The molecule has 4 nitrogen and oxygen atoms in total. The molecule has 0 N–H and O–H groups in total. The molecule has 0 bridgehead atoms. The van der Waals surface area contributed by atoms with Crippen molar-refractivity contribution in [3.8, 4) is 0 Å². The van der Waals surface area contributed by atoms with E-state index in [0.717, 1.165) is 21.2 Å². The van der Waals surface area contributed by atoms with E-state index in [0.29, 0.717) is 12.2 Å². The van der Waals surface area contributed by atoms with Crippen molar-refractivity contribution in [1.82, 2.24) is 0 Å². The largest absolute Gasteiger partial charge is 0.306 e. The maximum absolute atomic E-state index is 12.9. The lowest BCUT2D eigenvalue weighted by atomic mass is 10.1. The van der Waals surface area contributed by atoms with Gasteiger partial charge in [0.15, 0.2) is 9.84 Å². The summed E-state index contributed by atoms with van der Waals surface area (Å²) in [6.07, 6.45) is 1.18. The highest BCUT2D eigenvalue weighted by Crippen LogP contribution is 2.41. The third kappa shape index (κ3) is 3.47. The molecule has 0 saturated carbocycles. The van der Waals surface area contributed by atoms with Crippen LogP contribution in [0, 0.1) is 0 Å². The highest BCUT2D eigenvalue weighted by molar-refractivity contribution is 8.01. The van der Waals surface area contributed by atoms with Crippen LogP contribution in [0.5, 0.6) is 0 Å². The summed E-state index contributed by atoms with van der Waals surface area (Å²) in [5.74, 6) is -0.00805. The number of carbonyl (C=O) groups excluding carboxylic acids is 1. The highest BCUT2D eigenvalue weighted by atomic mass is 32.2. The van der Waals surface area contributed by atoms with Gasteiger partial charge in [-0.05, 0) is 47.5 Å². The molecule has 1 aliphatic rings. The van der Waals surface area contributed by atoms with Crippen molar-refractivity contribution in [2.24, 2.45) is 0 Å². The number of sulfone groups is 1. The minimum Gasteiger partial charge on any atom is -0.306 e. The van der Waals surface area contributed by atoms with E-state index >= 15 is 0 Å². The average molecular weight is 398 g/mol. The second kappa shape index (κ2) is 6.69. The van der Waals surface area contributed by atoms with Crippen molar-refractivity contribution in [2.45, 2.75) is 28.5 Å². The van der Waals surface area contributed by atoms with Gasteiger partial charge in [0.2, 0.25) is 5.91 Å². The van der Waals surface area contributed by atoms with E-state index in [1.807, 2.05) is 37.3 Å². The van der Waals surface area contributed by atoms with E-state index in [-0.39, 0.29) is 16.1 Å². The quantitative estimate of drug-likeness (QED) is 0.662. The topological polar surface area (TPSA) is 54.5 Å². The van der Waals surface area contributed by atoms with Gasteiger partial charge in [0.25, 0.3) is 0 Å². The molecular weight excluding hydrogens is 378 g/mol. The molecule has 6 heteroatoms. The summed E-state index contributed by atoms with van der Waals surface area (Å²) >= 11 is 1.47. The Balaban J connectivity index is 1.78. The van der Waals surface area contributed by atoms with Crippen LogP contribution >= 0.6 is 11.8 Å². The molecule has 4 rings (SSSR count). The first-order chi connectivity index (χ1) is 12.8. The third-order valence-corrected chi connectivity index (χ3v) is 6.99. The lowest BCUT2D eigenvalue weighted by Crippen LogP contribution is -2.39. The van der Waals surface area contributed by atoms with Gasteiger partial charge in [-0.15, -0.1) is 11.8 Å². The Bertz CT molecular complexity index is 1160. The number of nitrogens with zero attached hydrogens (tertiary/aromatic N) is 1. The third-order valence-electron chi connectivity index (χ3n) is 4.72. The van der Waals surface area contributed by atoms with Crippen molar-refractivity contribution in [1.29, 1.82) is 0 Å². The van der Waals surface area contributed by atoms with Crippen LogP contribution < -0.4 is 4.90 Å². The number of hydrogen-bond acceptors (Lipinski definition) is 4. The van der Waals surface area contributed by atoms with Crippen LogP contribution in [0.2, 0.25) is 0 Å². The zero-order valence-electron chi connectivity index (χ0n) is 15.0. The molecule has 0 aliphatic carbocycles. The number of thioether (sulfide) groups is 1. The van der Waals surface area contributed by atoms with Gasteiger partial charge < -0.3 is 4.90 Å². The van der Waals surface area contributed by atoms with Crippen LogP contribution in [0.1, 0.15) is 12.5 Å². The van der Waals surface area contributed by atoms with Crippen molar-refractivity contribution in [3.05, 3.63) is 66.2 Å². The molecule has 0 fully saturated rings. The maximum Gasteiger partial charge on any atom is 0.240 e. The van der Waals surface area contributed by atoms with Gasteiger partial charge in [0.05, 0.1) is 22.4 Å². The fourth-order valence-electron chi connectivity index (χ4n) is 3.30. The van der Waals surface area contributed by atoms with Gasteiger partial charge in [-0.2, -0.15) is 0 Å². The minimum atomic E-state index is -3.34. The van der Waals surface area contributed by atoms with Gasteiger partial charge >= 0.3 is 0 Å². The Hall–Kier alpha value is -2.31. The van der Waals surface area contributed by atoms with Crippen molar-refractivity contribution < 1.29 is 13.2 Å². The van der Waals surface area contributed by atoms with Crippen LogP contribution in [-0.2, 0) is 21.2 Å². The predicted octanol–water partition coefficient (Wildman–Crippen LogP) is 4.27. The van der Waals surface area contributed by atoms with Gasteiger partial charge in [-0.25, -0.2) is 8.42 Å². The first-order valence-electron chi connectivity index (χ1n) is 8.63. The van der Waals surface area contributed by atoms with Crippen molar-refractivity contribution in [3.63, 3.8) is 0 Å². The van der Waals surface area contributed by atoms with E-state index in [2.05, 4.69) is 12.1 Å². The van der Waals surface area contributed by atoms with Crippen LogP contribution in [0.4, 0.5) is 5.69 Å². The molecule has 3 aromatic carbocycles. The van der Waals surface area contributed by atoms with Crippen LogP contribution in [-0.4, -0.2) is 25.8 Å². The summed E-state index contributed by atoms with van der Waals surface area (Å²) in [5, 5.41) is 2.06. The molecule has 1 amide bonds. The number of fused-ring (bicyclic) bond motifs is 2.